The van der Waals surface area contributed by atoms with E-state index in [9.17, 15) is 4.79 Å². The fraction of sp³-hybridized carbons (Fsp3) is 0.267. The minimum absolute atomic E-state index is 0.0916. The van der Waals surface area contributed by atoms with E-state index in [4.69, 9.17) is 0 Å². The van der Waals surface area contributed by atoms with Gasteiger partial charge in [0.05, 0.1) is 10.9 Å². The highest BCUT2D eigenvalue weighted by molar-refractivity contribution is 7.12. The summed E-state index contributed by atoms with van der Waals surface area (Å²) in [7, 11) is 3.91. The molecule has 0 aliphatic carbocycles. The first kappa shape index (κ1) is 13.0. The van der Waals surface area contributed by atoms with Crippen molar-refractivity contribution in [3.8, 4) is 0 Å². The third kappa shape index (κ3) is 3.06. The van der Waals surface area contributed by atoms with Crippen molar-refractivity contribution in [3.63, 3.8) is 0 Å². The molecule has 1 heterocycles. The van der Waals surface area contributed by atoms with Crippen LogP contribution in [0.15, 0.2) is 47.8 Å². The molecule has 0 saturated heterocycles. The van der Waals surface area contributed by atoms with Gasteiger partial charge in [0, 0.05) is 0 Å². The van der Waals surface area contributed by atoms with Crippen LogP contribution in [-0.4, -0.2) is 30.8 Å². The summed E-state index contributed by atoms with van der Waals surface area (Å²) in [5.74, 6) is 0.207. The summed E-state index contributed by atoms with van der Waals surface area (Å²) in [4.78, 5) is 15.3. The monoisotopic (exact) mass is 259 g/mol. The number of hydrogen-bond donors (Lipinski definition) is 0. The number of ketones is 1. The van der Waals surface area contributed by atoms with Crippen molar-refractivity contribution in [2.45, 2.75) is 12.5 Å². The van der Waals surface area contributed by atoms with Gasteiger partial charge in [0.25, 0.3) is 0 Å². The van der Waals surface area contributed by atoms with Gasteiger partial charge < -0.3 is 0 Å². The lowest BCUT2D eigenvalue weighted by Crippen LogP contribution is -2.37. The Hall–Kier alpha value is -1.45. The lowest BCUT2D eigenvalue weighted by Gasteiger charge is -2.22. The summed E-state index contributed by atoms with van der Waals surface area (Å²) in [5.41, 5.74) is 1.20. The number of Topliss-reactive ketones (excluding diaryl/α,β-unsaturated/α-hetero) is 1. The molecule has 2 aromatic rings. The molecule has 0 aliphatic heterocycles. The van der Waals surface area contributed by atoms with Crippen molar-refractivity contribution in [1.29, 1.82) is 0 Å². The lowest BCUT2D eigenvalue weighted by atomic mass is 10.0. The van der Waals surface area contributed by atoms with E-state index in [0.717, 1.165) is 11.3 Å². The number of carbonyl (C=O) groups excluding carboxylic acids is 1. The topological polar surface area (TPSA) is 20.3 Å². The van der Waals surface area contributed by atoms with E-state index < -0.39 is 0 Å². The Morgan fingerprint density at radius 1 is 1.17 bits per heavy atom. The second kappa shape index (κ2) is 5.94. The molecule has 94 valence electrons. The average Bonchev–Trinajstić information content (AvgIpc) is 2.90. The van der Waals surface area contributed by atoms with Crippen LogP contribution in [-0.2, 0) is 6.42 Å². The zero-order valence-corrected chi connectivity index (χ0v) is 11.5. The van der Waals surface area contributed by atoms with E-state index in [2.05, 4.69) is 12.1 Å². The van der Waals surface area contributed by atoms with Crippen molar-refractivity contribution < 1.29 is 4.79 Å². The zero-order chi connectivity index (χ0) is 13.0. The van der Waals surface area contributed by atoms with Gasteiger partial charge in [-0.15, -0.1) is 11.3 Å². The maximum absolute atomic E-state index is 12.4. The minimum Gasteiger partial charge on any atom is -0.299 e. The van der Waals surface area contributed by atoms with Crippen LogP contribution < -0.4 is 0 Å². The molecule has 18 heavy (non-hydrogen) atoms. The third-order valence-corrected chi connectivity index (χ3v) is 3.85. The highest BCUT2D eigenvalue weighted by atomic mass is 32.1. The Labute approximate surface area is 112 Å². The van der Waals surface area contributed by atoms with Crippen LogP contribution in [0.4, 0.5) is 0 Å². The van der Waals surface area contributed by atoms with Gasteiger partial charge in [-0.3, -0.25) is 9.69 Å². The number of benzene rings is 1. The lowest BCUT2D eigenvalue weighted by molar-refractivity contribution is 0.0879. The van der Waals surface area contributed by atoms with Gasteiger partial charge in [0.1, 0.15) is 0 Å². The van der Waals surface area contributed by atoms with Gasteiger partial charge in [-0.1, -0.05) is 36.4 Å². The maximum Gasteiger partial charge on any atom is 0.190 e. The molecule has 1 atom stereocenters. The summed E-state index contributed by atoms with van der Waals surface area (Å²) in [6, 6.07) is 13.9. The standard InChI is InChI=1S/C15H17NOS/c1-16(2)13(11-12-7-4-3-5-8-12)15(17)14-9-6-10-18-14/h3-10,13H,11H2,1-2H3/t13-/m0/s1. The zero-order valence-electron chi connectivity index (χ0n) is 10.7. The van der Waals surface area contributed by atoms with Gasteiger partial charge >= 0.3 is 0 Å². The average molecular weight is 259 g/mol. The largest absolute Gasteiger partial charge is 0.299 e. The van der Waals surface area contributed by atoms with Gasteiger partial charge in [0.2, 0.25) is 0 Å². The van der Waals surface area contributed by atoms with E-state index in [-0.39, 0.29) is 11.8 Å². The molecular formula is C15H17NOS. The summed E-state index contributed by atoms with van der Waals surface area (Å²) < 4.78 is 0. The van der Waals surface area contributed by atoms with Gasteiger partial charge in [-0.05, 0) is 37.5 Å². The van der Waals surface area contributed by atoms with E-state index in [0.29, 0.717) is 0 Å². The van der Waals surface area contributed by atoms with E-state index >= 15 is 0 Å². The molecule has 0 radical (unpaired) electrons. The molecule has 0 fully saturated rings. The molecule has 0 spiro atoms. The summed E-state index contributed by atoms with van der Waals surface area (Å²) in [6.07, 6.45) is 0.755. The first-order valence-electron chi connectivity index (χ1n) is 5.96. The number of hydrogen-bond acceptors (Lipinski definition) is 3. The second-order valence-corrected chi connectivity index (χ2v) is 5.46. The molecule has 2 rings (SSSR count). The van der Waals surface area contributed by atoms with Gasteiger partial charge in [-0.25, -0.2) is 0 Å². The Balaban J connectivity index is 2.17. The fourth-order valence-electron chi connectivity index (χ4n) is 1.93. The van der Waals surface area contributed by atoms with Crippen molar-refractivity contribution in [3.05, 3.63) is 58.3 Å². The molecule has 0 N–H and O–H groups in total. The predicted octanol–water partition coefficient (Wildman–Crippen LogP) is 3.10. The normalized spacial score (nSPS) is 12.6. The Morgan fingerprint density at radius 2 is 1.89 bits per heavy atom. The number of likely N-dealkylation sites (N-methyl/N-ethyl adjacent to an activating group) is 1. The Morgan fingerprint density at radius 3 is 2.44 bits per heavy atom. The van der Waals surface area contributed by atoms with Gasteiger partial charge in [0.15, 0.2) is 5.78 Å². The number of thiophene rings is 1. The first-order chi connectivity index (χ1) is 8.68. The van der Waals surface area contributed by atoms with Gasteiger partial charge in [-0.2, -0.15) is 0 Å². The van der Waals surface area contributed by atoms with Crippen LogP contribution in [0.3, 0.4) is 0 Å². The highest BCUT2D eigenvalue weighted by Gasteiger charge is 2.23. The maximum atomic E-state index is 12.4. The Kier molecular flexibility index (Phi) is 4.28. The first-order valence-corrected chi connectivity index (χ1v) is 6.84. The minimum atomic E-state index is -0.0916. The second-order valence-electron chi connectivity index (χ2n) is 4.51. The van der Waals surface area contributed by atoms with Crippen LogP contribution in [0.5, 0.6) is 0 Å². The van der Waals surface area contributed by atoms with Crippen LogP contribution in [0.1, 0.15) is 15.2 Å². The van der Waals surface area contributed by atoms with Crippen molar-refractivity contribution in [2.75, 3.05) is 14.1 Å². The number of nitrogens with zero attached hydrogens (tertiary/aromatic N) is 1. The van der Waals surface area contributed by atoms with Crippen LogP contribution in [0.25, 0.3) is 0 Å². The SMILES string of the molecule is CN(C)[C@@H](Cc1ccccc1)C(=O)c1cccs1. The van der Waals surface area contributed by atoms with E-state index in [1.165, 1.54) is 16.9 Å². The molecule has 1 aromatic heterocycles. The highest BCUT2D eigenvalue weighted by Crippen LogP contribution is 2.16. The predicted molar refractivity (Wildman–Crippen MR) is 76.3 cm³/mol. The summed E-state index contributed by atoms with van der Waals surface area (Å²) >= 11 is 1.51. The van der Waals surface area contributed by atoms with Crippen LogP contribution >= 0.6 is 11.3 Å². The molecule has 0 amide bonds. The fourth-order valence-corrected chi connectivity index (χ4v) is 2.64. The molecule has 0 aliphatic rings. The van der Waals surface area contributed by atoms with E-state index in [1.807, 2.05) is 54.7 Å². The quantitative estimate of drug-likeness (QED) is 0.769. The van der Waals surface area contributed by atoms with E-state index in [1.54, 1.807) is 0 Å². The third-order valence-electron chi connectivity index (χ3n) is 2.96. The molecular weight excluding hydrogens is 242 g/mol. The molecule has 0 bridgehead atoms. The number of carbonyl (C=O) groups is 1. The molecule has 0 unspecified atom stereocenters. The molecule has 3 heteroatoms. The number of rotatable bonds is 5. The molecule has 2 nitrogen and oxygen atoms in total. The summed E-state index contributed by atoms with van der Waals surface area (Å²) in [5, 5.41) is 1.95. The molecule has 0 saturated carbocycles. The summed E-state index contributed by atoms with van der Waals surface area (Å²) in [6.45, 7) is 0. The molecule has 1 aromatic carbocycles. The van der Waals surface area contributed by atoms with Crippen molar-refractivity contribution in [2.24, 2.45) is 0 Å². The van der Waals surface area contributed by atoms with Crippen molar-refractivity contribution in [1.82, 2.24) is 4.90 Å². The smallest absolute Gasteiger partial charge is 0.190 e. The van der Waals surface area contributed by atoms with Crippen LogP contribution in [0.2, 0.25) is 0 Å². The van der Waals surface area contributed by atoms with Crippen LogP contribution in [0, 0.1) is 0 Å². The van der Waals surface area contributed by atoms with Crippen molar-refractivity contribution >= 4 is 17.1 Å². The Bertz CT molecular complexity index is 490.